The van der Waals surface area contributed by atoms with E-state index in [4.69, 9.17) is 5.11 Å². The highest BCUT2D eigenvalue weighted by Crippen LogP contribution is 2.38. The summed E-state index contributed by atoms with van der Waals surface area (Å²) in [5, 5.41) is 14.7. The predicted octanol–water partition coefficient (Wildman–Crippen LogP) is 1.95. The van der Waals surface area contributed by atoms with Gasteiger partial charge in [-0.1, -0.05) is 0 Å². The molecule has 14 heavy (non-hydrogen) atoms. The lowest BCUT2D eigenvalue weighted by Gasteiger charge is -2.41. The number of hydrogen-bond donors (Lipinski definition) is 2. The van der Waals surface area contributed by atoms with Gasteiger partial charge in [-0.2, -0.15) is 0 Å². The minimum absolute atomic E-state index is 0.187. The average molecular weight is 212 g/mol. The van der Waals surface area contributed by atoms with E-state index in [1.165, 1.54) is 11.3 Å². The smallest absolute Gasteiger partial charge is 0.305 e. The Balaban J connectivity index is 2.02. The zero-order valence-corrected chi connectivity index (χ0v) is 8.51. The van der Waals surface area contributed by atoms with Gasteiger partial charge in [0.15, 0.2) is 5.13 Å². The lowest BCUT2D eigenvalue weighted by molar-refractivity contribution is -0.138. The van der Waals surface area contributed by atoms with Crippen LogP contribution in [0.3, 0.4) is 0 Å². The maximum atomic E-state index is 10.7. The number of nitrogens with zero attached hydrogens (tertiary/aromatic N) is 1. The topological polar surface area (TPSA) is 62.2 Å². The number of nitrogens with one attached hydrogen (secondary N) is 1. The highest BCUT2D eigenvalue weighted by Gasteiger charge is 2.39. The van der Waals surface area contributed by atoms with E-state index in [1.54, 1.807) is 6.20 Å². The highest BCUT2D eigenvalue weighted by molar-refractivity contribution is 7.13. The molecule has 0 aromatic carbocycles. The molecule has 1 aromatic rings. The largest absolute Gasteiger partial charge is 0.481 e. The number of carboxylic acids is 1. The molecule has 0 unspecified atom stereocenters. The Bertz CT molecular complexity index is 320. The molecule has 2 rings (SSSR count). The molecule has 1 saturated carbocycles. The molecule has 5 heteroatoms. The Morgan fingerprint density at radius 1 is 1.71 bits per heavy atom. The zero-order valence-electron chi connectivity index (χ0n) is 7.69. The van der Waals surface area contributed by atoms with Crippen molar-refractivity contribution in [2.75, 3.05) is 5.32 Å². The Morgan fingerprint density at radius 2 is 2.50 bits per heavy atom. The number of thiazole rings is 1. The summed E-state index contributed by atoms with van der Waals surface area (Å²) in [6.07, 6.45) is 4.87. The van der Waals surface area contributed by atoms with Crippen molar-refractivity contribution in [1.29, 1.82) is 0 Å². The van der Waals surface area contributed by atoms with Crippen LogP contribution < -0.4 is 5.32 Å². The predicted molar refractivity (Wildman–Crippen MR) is 54.6 cm³/mol. The summed E-state index contributed by atoms with van der Waals surface area (Å²) < 4.78 is 0. The summed E-state index contributed by atoms with van der Waals surface area (Å²) in [6, 6.07) is 0. The monoisotopic (exact) mass is 212 g/mol. The van der Waals surface area contributed by atoms with Gasteiger partial charge in [-0.3, -0.25) is 4.79 Å². The van der Waals surface area contributed by atoms with Crippen LogP contribution in [0.2, 0.25) is 0 Å². The van der Waals surface area contributed by atoms with Crippen LogP contribution in [0.5, 0.6) is 0 Å². The van der Waals surface area contributed by atoms with Crippen LogP contribution in [0, 0.1) is 0 Å². The van der Waals surface area contributed by atoms with Crippen molar-refractivity contribution in [2.24, 2.45) is 0 Å². The highest BCUT2D eigenvalue weighted by atomic mass is 32.1. The third kappa shape index (κ3) is 1.87. The number of hydrogen-bond acceptors (Lipinski definition) is 4. The van der Waals surface area contributed by atoms with Gasteiger partial charge in [-0.25, -0.2) is 4.98 Å². The van der Waals surface area contributed by atoms with Crippen molar-refractivity contribution in [2.45, 2.75) is 31.2 Å². The van der Waals surface area contributed by atoms with Crippen molar-refractivity contribution in [1.82, 2.24) is 4.98 Å². The summed E-state index contributed by atoms with van der Waals surface area (Å²) in [6.45, 7) is 0. The van der Waals surface area contributed by atoms with Gasteiger partial charge >= 0.3 is 5.97 Å². The molecule has 0 aliphatic heterocycles. The first-order valence-corrected chi connectivity index (χ1v) is 5.48. The fourth-order valence-electron chi connectivity index (χ4n) is 1.75. The Hall–Kier alpha value is -1.10. The van der Waals surface area contributed by atoms with Gasteiger partial charge in [-0.05, 0) is 19.3 Å². The van der Waals surface area contributed by atoms with Gasteiger partial charge < -0.3 is 10.4 Å². The molecule has 1 aliphatic carbocycles. The summed E-state index contributed by atoms with van der Waals surface area (Å²) in [7, 11) is 0. The molecule has 76 valence electrons. The molecular weight excluding hydrogens is 200 g/mol. The second kappa shape index (κ2) is 3.57. The number of rotatable bonds is 4. The first-order chi connectivity index (χ1) is 6.70. The SMILES string of the molecule is O=C(O)CC1(Nc2nccs2)CCC1. The summed E-state index contributed by atoms with van der Waals surface area (Å²) in [5.41, 5.74) is -0.232. The van der Waals surface area contributed by atoms with Gasteiger partial charge in [-0.15, -0.1) is 11.3 Å². The van der Waals surface area contributed by atoms with Gasteiger partial charge in [0.1, 0.15) is 0 Å². The molecule has 0 amide bonds. The summed E-state index contributed by atoms with van der Waals surface area (Å²) >= 11 is 1.51. The fourth-order valence-corrected chi connectivity index (χ4v) is 2.40. The minimum Gasteiger partial charge on any atom is -0.481 e. The quantitative estimate of drug-likeness (QED) is 0.800. The Labute approximate surface area is 86.0 Å². The van der Waals surface area contributed by atoms with E-state index in [-0.39, 0.29) is 12.0 Å². The lowest BCUT2D eigenvalue weighted by Crippen LogP contribution is -2.46. The summed E-state index contributed by atoms with van der Waals surface area (Å²) in [4.78, 5) is 14.8. The number of aromatic nitrogens is 1. The molecule has 1 aromatic heterocycles. The fraction of sp³-hybridized carbons (Fsp3) is 0.556. The Morgan fingerprint density at radius 3 is 2.93 bits per heavy atom. The molecule has 0 atom stereocenters. The molecular formula is C9H12N2O2S. The summed E-state index contributed by atoms with van der Waals surface area (Å²) in [5.74, 6) is -0.742. The van der Waals surface area contributed by atoms with Crippen molar-refractivity contribution >= 4 is 22.4 Å². The normalized spacial score (nSPS) is 18.6. The Kier molecular flexibility index (Phi) is 2.41. The molecule has 1 fully saturated rings. The van der Waals surface area contributed by atoms with E-state index in [9.17, 15) is 4.79 Å². The van der Waals surface area contributed by atoms with E-state index in [2.05, 4.69) is 10.3 Å². The lowest BCUT2D eigenvalue weighted by atomic mass is 9.74. The van der Waals surface area contributed by atoms with E-state index in [0.717, 1.165) is 24.4 Å². The van der Waals surface area contributed by atoms with Crippen molar-refractivity contribution < 1.29 is 9.90 Å². The van der Waals surface area contributed by atoms with E-state index >= 15 is 0 Å². The molecule has 1 heterocycles. The van der Waals surface area contributed by atoms with Gasteiger partial charge in [0.2, 0.25) is 0 Å². The molecule has 4 nitrogen and oxygen atoms in total. The second-order valence-corrected chi connectivity index (χ2v) is 4.56. The number of carbonyl (C=O) groups is 1. The number of aliphatic carboxylic acids is 1. The first kappa shape index (κ1) is 9.45. The molecule has 0 spiro atoms. The molecule has 0 bridgehead atoms. The van der Waals surface area contributed by atoms with E-state index < -0.39 is 5.97 Å². The minimum atomic E-state index is -0.742. The van der Waals surface area contributed by atoms with Crippen LogP contribution in [-0.4, -0.2) is 21.6 Å². The van der Waals surface area contributed by atoms with Crippen LogP contribution in [0.25, 0.3) is 0 Å². The van der Waals surface area contributed by atoms with Gasteiger partial charge in [0.25, 0.3) is 0 Å². The van der Waals surface area contributed by atoms with Crippen LogP contribution in [-0.2, 0) is 4.79 Å². The van der Waals surface area contributed by atoms with Crippen molar-refractivity contribution in [3.63, 3.8) is 0 Å². The van der Waals surface area contributed by atoms with E-state index in [1.807, 2.05) is 5.38 Å². The van der Waals surface area contributed by atoms with E-state index in [0.29, 0.717) is 0 Å². The van der Waals surface area contributed by atoms with Gasteiger partial charge in [0, 0.05) is 17.1 Å². The maximum absolute atomic E-state index is 10.7. The standard InChI is InChI=1S/C9H12N2O2S/c12-7(13)6-9(2-1-3-9)11-8-10-4-5-14-8/h4-5H,1-3,6H2,(H,10,11)(H,12,13). The van der Waals surface area contributed by atoms with Crippen molar-refractivity contribution in [3.05, 3.63) is 11.6 Å². The van der Waals surface area contributed by atoms with Crippen LogP contribution in [0.15, 0.2) is 11.6 Å². The molecule has 0 radical (unpaired) electrons. The number of anilines is 1. The first-order valence-electron chi connectivity index (χ1n) is 4.60. The molecule has 1 aliphatic rings. The molecule has 2 N–H and O–H groups in total. The van der Waals surface area contributed by atoms with Crippen molar-refractivity contribution in [3.8, 4) is 0 Å². The average Bonchev–Trinajstić information content (AvgIpc) is 2.51. The zero-order chi connectivity index (χ0) is 10.0. The maximum Gasteiger partial charge on any atom is 0.305 e. The molecule has 0 saturated heterocycles. The van der Waals surface area contributed by atoms with Crippen LogP contribution in [0.1, 0.15) is 25.7 Å². The van der Waals surface area contributed by atoms with Crippen LogP contribution >= 0.6 is 11.3 Å². The van der Waals surface area contributed by atoms with Gasteiger partial charge in [0.05, 0.1) is 6.42 Å². The third-order valence-corrected chi connectivity index (χ3v) is 3.29. The second-order valence-electron chi connectivity index (χ2n) is 3.67. The third-order valence-electron chi connectivity index (χ3n) is 2.60. The number of carboxylic acid groups (broad SMARTS) is 1. The van der Waals surface area contributed by atoms with Crippen LogP contribution in [0.4, 0.5) is 5.13 Å².